The number of nitrogens with zero attached hydrogens (tertiary/aromatic N) is 1. The molecular weight excluding hydrogens is 443 g/mol. The Hall–Kier alpha value is -2.48. The van der Waals surface area contributed by atoms with Gasteiger partial charge in [0.25, 0.3) is 5.56 Å². The maximum absolute atomic E-state index is 13.7. The van der Waals surface area contributed by atoms with Crippen LogP contribution in [0.5, 0.6) is 5.75 Å². The van der Waals surface area contributed by atoms with Crippen LogP contribution in [0, 0.1) is 6.92 Å². The topological polar surface area (TPSA) is 92.8 Å². The lowest BCUT2D eigenvalue weighted by Crippen LogP contribution is -2.36. The molecule has 1 saturated heterocycles. The van der Waals surface area contributed by atoms with Gasteiger partial charge >= 0.3 is 5.97 Å². The molecular formula is C22H22Cl2N2O5. The van der Waals surface area contributed by atoms with Crippen LogP contribution in [-0.2, 0) is 20.8 Å². The lowest BCUT2D eigenvalue weighted by atomic mass is 9.83. The van der Waals surface area contributed by atoms with Crippen molar-refractivity contribution in [3.05, 3.63) is 72.9 Å². The van der Waals surface area contributed by atoms with Gasteiger partial charge in [0, 0.05) is 18.4 Å². The molecule has 0 saturated carbocycles. The molecule has 0 unspecified atom stereocenters. The van der Waals surface area contributed by atoms with Crippen LogP contribution in [0.4, 0.5) is 0 Å². The average molecular weight is 465 g/mol. The zero-order valence-electron chi connectivity index (χ0n) is 17.1. The largest absolute Gasteiger partial charge is 0.465 e. The number of ether oxygens (including phenoxy) is 3. The van der Waals surface area contributed by atoms with E-state index in [0.717, 1.165) is 12.8 Å². The highest BCUT2D eigenvalue weighted by Gasteiger charge is 2.38. The molecule has 1 aromatic heterocycles. The molecule has 0 radical (unpaired) electrons. The molecule has 0 spiro atoms. The summed E-state index contributed by atoms with van der Waals surface area (Å²) >= 11 is 12.3. The summed E-state index contributed by atoms with van der Waals surface area (Å²) < 4.78 is 18.0. The number of benzene rings is 1. The van der Waals surface area contributed by atoms with Crippen LogP contribution in [0.25, 0.3) is 0 Å². The molecule has 9 heteroatoms. The molecule has 7 nitrogen and oxygen atoms in total. The molecule has 1 fully saturated rings. The minimum Gasteiger partial charge on any atom is -0.465 e. The first-order valence-electron chi connectivity index (χ1n) is 9.88. The van der Waals surface area contributed by atoms with Crippen LogP contribution in [0.15, 0.2) is 40.5 Å². The van der Waals surface area contributed by atoms with Gasteiger partial charge in [0.15, 0.2) is 0 Å². The van der Waals surface area contributed by atoms with Crippen molar-refractivity contribution in [1.29, 1.82) is 0 Å². The second-order valence-electron chi connectivity index (χ2n) is 7.59. The number of rotatable bonds is 4. The first-order chi connectivity index (χ1) is 14.8. The summed E-state index contributed by atoms with van der Waals surface area (Å²) in [4.78, 5) is 26.3. The third-order valence-corrected chi connectivity index (χ3v) is 6.40. The van der Waals surface area contributed by atoms with E-state index in [1.807, 2.05) is 6.92 Å². The summed E-state index contributed by atoms with van der Waals surface area (Å²) in [5.41, 5.74) is 7.44. The van der Waals surface area contributed by atoms with Crippen molar-refractivity contribution < 1.29 is 19.0 Å². The standard InChI is InChI=1S/C22H22Cl2N2O5/c1-11-8-16-18(21(27)26(11)10-13-4-3-7-30-13)17(12-5-6-14(23)15(24)9-12)19(20(25)31-16)22(28)29-2/h5-6,8-9,13,17H,3-4,7,10,25H2,1-2H3/t13-,17-/m0/s1. The minimum atomic E-state index is -0.824. The number of methoxy groups -OCH3 is 1. The Morgan fingerprint density at radius 2 is 2.06 bits per heavy atom. The van der Waals surface area contributed by atoms with Crippen molar-refractivity contribution in [3.8, 4) is 5.75 Å². The van der Waals surface area contributed by atoms with Gasteiger partial charge in [0.05, 0.1) is 41.3 Å². The Bertz CT molecular complexity index is 1140. The van der Waals surface area contributed by atoms with Gasteiger partial charge in [-0.1, -0.05) is 29.3 Å². The van der Waals surface area contributed by atoms with E-state index in [9.17, 15) is 9.59 Å². The van der Waals surface area contributed by atoms with Gasteiger partial charge in [-0.2, -0.15) is 0 Å². The molecule has 2 atom stereocenters. The van der Waals surface area contributed by atoms with Crippen molar-refractivity contribution in [3.63, 3.8) is 0 Å². The molecule has 0 amide bonds. The molecule has 0 bridgehead atoms. The number of carbonyl (C=O) groups excluding carboxylic acids is 1. The van der Waals surface area contributed by atoms with Crippen LogP contribution >= 0.6 is 23.2 Å². The van der Waals surface area contributed by atoms with Gasteiger partial charge in [-0.15, -0.1) is 0 Å². The summed E-state index contributed by atoms with van der Waals surface area (Å²) in [6.07, 6.45) is 1.81. The van der Waals surface area contributed by atoms with E-state index >= 15 is 0 Å². The number of aromatic nitrogens is 1. The third-order valence-electron chi connectivity index (χ3n) is 5.66. The molecule has 2 N–H and O–H groups in total. The monoisotopic (exact) mass is 464 g/mol. The predicted octanol–water partition coefficient (Wildman–Crippen LogP) is 3.51. The van der Waals surface area contributed by atoms with Crippen LogP contribution in [-0.4, -0.2) is 30.4 Å². The fourth-order valence-electron chi connectivity index (χ4n) is 4.14. The molecule has 2 aromatic rings. The Balaban J connectivity index is 1.93. The van der Waals surface area contributed by atoms with E-state index < -0.39 is 11.9 Å². The van der Waals surface area contributed by atoms with Gasteiger partial charge < -0.3 is 24.5 Å². The predicted molar refractivity (Wildman–Crippen MR) is 117 cm³/mol. The number of carbonyl (C=O) groups is 1. The normalized spacial score (nSPS) is 20.4. The van der Waals surface area contributed by atoms with Crippen LogP contribution in [0.1, 0.15) is 35.6 Å². The highest BCUT2D eigenvalue weighted by atomic mass is 35.5. The second-order valence-corrected chi connectivity index (χ2v) is 8.41. The number of pyridine rings is 1. The van der Waals surface area contributed by atoms with E-state index in [2.05, 4.69) is 0 Å². The highest BCUT2D eigenvalue weighted by Crippen LogP contribution is 2.42. The number of fused-ring (bicyclic) bond motifs is 1. The average Bonchev–Trinajstić information content (AvgIpc) is 3.25. The van der Waals surface area contributed by atoms with Crippen molar-refractivity contribution in [2.45, 2.75) is 38.3 Å². The summed E-state index contributed by atoms with van der Waals surface area (Å²) in [7, 11) is 1.24. The van der Waals surface area contributed by atoms with Gasteiger partial charge in [-0.25, -0.2) is 4.79 Å². The summed E-state index contributed by atoms with van der Waals surface area (Å²) in [6.45, 7) is 2.92. The lowest BCUT2D eigenvalue weighted by Gasteiger charge is -2.29. The molecule has 3 heterocycles. The van der Waals surface area contributed by atoms with Crippen molar-refractivity contribution in [1.82, 2.24) is 4.57 Å². The van der Waals surface area contributed by atoms with E-state index in [1.165, 1.54) is 7.11 Å². The molecule has 164 valence electrons. The second kappa shape index (κ2) is 8.57. The van der Waals surface area contributed by atoms with Crippen LogP contribution < -0.4 is 16.0 Å². The first kappa shape index (κ1) is 21.7. The van der Waals surface area contributed by atoms with Crippen molar-refractivity contribution in [2.24, 2.45) is 5.73 Å². The SMILES string of the molecule is COC(=O)C1=C(N)Oc2cc(C)n(C[C@@H]3CCCO3)c(=O)c2[C@@H]1c1ccc(Cl)c(Cl)c1. The Labute approximate surface area is 189 Å². The maximum Gasteiger partial charge on any atom is 0.340 e. The highest BCUT2D eigenvalue weighted by molar-refractivity contribution is 6.42. The summed E-state index contributed by atoms with van der Waals surface area (Å²) in [5.74, 6) is -1.34. The fourth-order valence-corrected chi connectivity index (χ4v) is 4.45. The van der Waals surface area contributed by atoms with Gasteiger partial charge in [0.2, 0.25) is 5.88 Å². The molecule has 0 aliphatic carbocycles. The first-order valence-corrected chi connectivity index (χ1v) is 10.6. The molecule has 1 aromatic carbocycles. The summed E-state index contributed by atoms with van der Waals surface area (Å²) in [5, 5.41) is 0.649. The Kier molecular flexibility index (Phi) is 6.01. The molecule has 31 heavy (non-hydrogen) atoms. The van der Waals surface area contributed by atoms with E-state index in [-0.39, 0.29) is 28.7 Å². The number of halogens is 2. The number of hydrogen-bond donors (Lipinski definition) is 1. The molecule has 4 rings (SSSR count). The van der Waals surface area contributed by atoms with Crippen molar-refractivity contribution >= 4 is 29.2 Å². The fraction of sp³-hybridized carbons (Fsp3) is 0.364. The Morgan fingerprint density at radius 1 is 1.29 bits per heavy atom. The quantitative estimate of drug-likeness (QED) is 0.695. The van der Waals surface area contributed by atoms with E-state index in [0.29, 0.717) is 40.2 Å². The smallest absolute Gasteiger partial charge is 0.340 e. The summed E-state index contributed by atoms with van der Waals surface area (Å²) in [6, 6.07) is 6.67. The molecule has 2 aliphatic heterocycles. The minimum absolute atomic E-state index is 0.0388. The van der Waals surface area contributed by atoms with E-state index in [1.54, 1.807) is 28.8 Å². The number of nitrogens with two attached hydrogens (primary N) is 1. The Morgan fingerprint density at radius 3 is 2.71 bits per heavy atom. The van der Waals surface area contributed by atoms with Gasteiger partial charge in [-0.3, -0.25) is 4.79 Å². The van der Waals surface area contributed by atoms with Gasteiger partial charge in [0.1, 0.15) is 11.3 Å². The van der Waals surface area contributed by atoms with Gasteiger partial charge in [-0.05, 0) is 37.5 Å². The third kappa shape index (κ3) is 3.93. The zero-order chi connectivity index (χ0) is 22.3. The van der Waals surface area contributed by atoms with Crippen molar-refractivity contribution in [2.75, 3.05) is 13.7 Å². The van der Waals surface area contributed by atoms with Crippen LogP contribution in [0.3, 0.4) is 0 Å². The number of aryl methyl sites for hydroxylation is 1. The van der Waals surface area contributed by atoms with Crippen LogP contribution in [0.2, 0.25) is 10.0 Å². The maximum atomic E-state index is 13.7. The number of hydrogen-bond acceptors (Lipinski definition) is 6. The molecule has 2 aliphatic rings. The number of esters is 1. The lowest BCUT2D eigenvalue weighted by molar-refractivity contribution is -0.136. The van der Waals surface area contributed by atoms with E-state index in [4.69, 9.17) is 43.1 Å². The zero-order valence-corrected chi connectivity index (χ0v) is 18.6.